The van der Waals surface area contributed by atoms with Crippen molar-refractivity contribution >= 4 is 17.7 Å². The summed E-state index contributed by atoms with van der Waals surface area (Å²) in [4.78, 5) is 22.1. The van der Waals surface area contributed by atoms with Crippen LogP contribution >= 0.6 is 0 Å². The number of nitro groups is 1. The van der Waals surface area contributed by atoms with Gasteiger partial charge in [0, 0.05) is 23.8 Å². The van der Waals surface area contributed by atoms with E-state index in [1.54, 1.807) is 6.92 Å². The molecule has 0 aliphatic heterocycles. The van der Waals surface area contributed by atoms with Crippen LogP contribution in [-0.2, 0) is 9.53 Å². The molecule has 0 spiro atoms. The fourth-order valence-corrected chi connectivity index (χ4v) is 2.24. The van der Waals surface area contributed by atoms with Crippen LogP contribution in [0.3, 0.4) is 0 Å². The van der Waals surface area contributed by atoms with E-state index in [0.717, 1.165) is 0 Å². The highest BCUT2D eigenvalue weighted by Gasteiger charge is 2.18. The molecule has 2 aromatic carbocycles. The standard InChI is InChI=1S/C19H14FN3O5/c1-12(18-21-22-19(28-18)14-5-7-15(20)8-6-14)27-17(24)11-4-13-2-9-16(10-3-13)23(25)26/h2-12H,1H3/b11-4+/t12-/m1/s1. The maximum absolute atomic E-state index is 13.0. The van der Waals surface area contributed by atoms with Crippen LogP contribution in [0.5, 0.6) is 0 Å². The number of hydrogen-bond donors (Lipinski definition) is 0. The second-order valence-electron chi connectivity index (χ2n) is 5.71. The predicted octanol–water partition coefficient (Wildman–Crippen LogP) is 4.10. The smallest absolute Gasteiger partial charge is 0.331 e. The largest absolute Gasteiger partial charge is 0.449 e. The first-order valence-corrected chi connectivity index (χ1v) is 8.15. The molecule has 9 heteroatoms. The highest BCUT2D eigenvalue weighted by Crippen LogP contribution is 2.22. The number of carbonyl (C=O) groups excluding carboxylic acids is 1. The molecule has 1 heterocycles. The van der Waals surface area contributed by atoms with Crippen LogP contribution in [0.25, 0.3) is 17.5 Å². The average molecular weight is 383 g/mol. The summed E-state index contributed by atoms with van der Waals surface area (Å²) in [5, 5.41) is 18.3. The van der Waals surface area contributed by atoms with E-state index in [2.05, 4.69) is 10.2 Å². The van der Waals surface area contributed by atoms with Crippen LogP contribution in [0.15, 0.2) is 59.0 Å². The molecule has 0 radical (unpaired) electrons. The van der Waals surface area contributed by atoms with Crippen molar-refractivity contribution in [3.63, 3.8) is 0 Å². The summed E-state index contributed by atoms with van der Waals surface area (Å²) >= 11 is 0. The summed E-state index contributed by atoms with van der Waals surface area (Å²) in [6.07, 6.45) is 1.86. The van der Waals surface area contributed by atoms with Gasteiger partial charge in [-0.1, -0.05) is 0 Å². The number of non-ortho nitro benzene ring substituents is 1. The number of benzene rings is 2. The third kappa shape index (κ3) is 4.64. The van der Waals surface area contributed by atoms with Crippen LogP contribution in [0.4, 0.5) is 10.1 Å². The van der Waals surface area contributed by atoms with Crippen molar-refractivity contribution < 1.29 is 23.3 Å². The molecule has 0 N–H and O–H groups in total. The lowest BCUT2D eigenvalue weighted by molar-refractivity contribution is -0.384. The van der Waals surface area contributed by atoms with E-state index in [-0.39, 0.29) is 23.3 Å². The Morgan fingerprint density at radius 3 is 2.50 bits per heavy atom. The monoisotopic (exact) mass is 383 g/mol. The van der Waals surface area contributed by atoms with Gasteiger partial charge < -0.3 is 9.15 Å². The second-order valence-corrected chi connectivity index (χ2v) is 5.71. The molecule has 142 valence electrons. The van der Waals surface area contributed by atoms with E-state index in [9.17, 15) is 19.3 Å². The predicted molar refractivity (Wildman–Crippen MR) is 96.3 cm³/mol. The minimum atomic E-state index is -0.796. The molecule has 0 unspecified atom stereocenters. The van der Waals surface area contributed by atoms with E-state index >= 15 is 0 Å². The number of hydrogen-bond acceptors (Lipinski definition) is 7. The first-order chi connectivity index (χ1) is 13.4. The maximum Gasteiger partial charge on any atom is 0.331 e. The van der Waals surface area contributed by atoms with Gasteiger partial charge >= 0.3 is 5.97 Å². The molecule has 8 nitrogen and oxygen atoms in total. The number of aromatic nitrogens is 2. The van der Waals surface area contributed by atoms with Crippen molar-refractivity contribution in [2.45, 2.75) is 13.0 Å². The zero-order chi connectivity index (χ0) is 20.1. The molecule has 0 aliphatic carbocycles. The summed E-state index contributed by atoms with van der Waals surface area (Å²) in [5.74, 6) is -0.756. The zero-order valence-corrected chi connectivity index (χ0v) is 14.6. The van der Waals surface area contributed by atoms with E-state index in [4.69, 9.17) is 9.15 Å². The first-order valence-electron chi connectivity index (χ1n) is 8.15. The minimum absolute atomic E-state index is 0.0401. The van der Waals surface area contributed by atoms with Gasteiger partial charge in [0.05, 0.1) is 4.92 Å². The molecule has 0 aliphatic rings. The topological polar surface area (TPSA) is 108 Å². The van der Waals surface area contributed by atoms with Gasteiger partial charge in [0.15, 0.2) is 6.10 Å². The van der Waals surface area contributed by atoms with E-state index in [1.165, 1.54) is 60.7 Å². The average Bonchev–Trinajstić information content (AvgIpc) is 3.17. The number of esters is 1. The van der Waals surface area contributed by atoms with Gasteiger partial charge in [0.2, 0.25) is 5.89 Å². The maximum atomic E-state index is 13.0. The summed E-state index contributed by atoms with van der Waals surface area (Å²) in [6, 6.07) is 11.2. The van der Waals surface area contributed by atoms with Crippen molar-refractivity contribution in [3.05, 3.63) is 82.0 Å². The molecule has 28 heavy (non-hydrogen) atoms. The lowest BCUT2D eigenvalue weighted by Crippen LogP contribution is -2.06. The SMILES string of the molecule is C[C@@H](OC(=O)/C=C/c1ccc([N+](=O)[O-])cc1)c1nnc(-c2ccc(F)cc2)o1. The van der Waals surface area contributed by atoms with Crippen LogP contribution in [0.2, 0.25) is 0 Å². The Bertz CT molecular complexity index is 1010. The summed E-state index contributed by atoms with van der Waals surface area (Å²) in [5.41, 5.74) is 1.10. The van der Waals surface area contributed by atoms with Gasteiger partial charge in [-0.2, -0.15) is 0 Å². The summed E-state index contributed by atoms with van der Waals surface area (Å²) in [6.45, 7) is 1.57. The minimum Gasteiger partial charge on any atom is -0.449 e. The van der Waals surface area contributed by atoms with Crippen LogP contribution in [-0.4, -0.2) is 21.1 Å². The molecule has 3 aromatic rings. The van der Waals surface area contributed by atoms with Gasteiger partial charge in [0.25, 0.3) is 11.6 Å². The third-order valence-corrected chi connectivity index (χ3v) is 3.69. The van der Waals surface area contributed by atoms with Crippen molar-refractivity contribution in [2.75, 3.05) is 0 Å². The Hall–Kier alpha value is -3.88. The Kier molecular flexibility index (Phi) is 5.54. The van der Waals surface area contributed by atoms with Crippen LogP contribution in [0, 0.1) is 15.9 Å². The number of carbonyl (C=O) groups is 1. The van der Waals surface area contributed by atoms with Crippen molar-refractivity contribution in [1.82, 2.24) is 10.2 Å². The number of nitro benzene ring substituents is 1. The molecular formula is C19H14FN3O5. The Balaban J connectivity index is 1.61. The third-order valence-electron chi connectivity index (χ3n) is 3.69. The molecule has 1 atom stereocenters. The molecule has 0 fully saturated rings. The Labute approximate surface area is 158 Å². The first kappa shape index (κ1) is 18.9. The fourth-order valence-electron chi connectivity index (χ4n) is 2.24. The molecule has 0 saturated carbocycles. The lowest BCUT2D eigenvalue weighted by Gasteiger charge is -2.06. The summed E-state index contributed by atoms with van der Waals surface area (Å²) < 4.78 is 23.6. The van der Waals surface area contributed by atoms with Crippen molar-refractivity contribution in [2.24, 2.45) is 0 Å². The fraction of sp³-hybridized carbons (Fsp3) is 0.105. The lowest BCUT2D eigenvalue weighted by atomic mass is 10.2. The van der Waals surface area contributed by atoms with Crippen LogP contribution < -0.4 is 0 Å². The number of nitrogens with zero attached hydrogens (tertiary/aromatic N) is 3. The van der Waals surface area contributed by atoms with Crippen LogP contribution in [0.1, 0.15) is 24.5 Å². The van der Waals surface area contributed by atoms with Gasteiger partial charge in [-0.25, -0.2) is 9.18 Å². The highest BCUT2D eigenvalue weighted by molar-refractivity contribution is 5.87. The molecule has 3 rings (SSSR count). The van der Waals surface area contributed by atoms with Crippen molar-refractivity contribution in [3.8, 4) is 11.5 Å². The Morgan fingerprint density at radius 1 is 1.18 bits per heavy atom. The molecule has 1 aromatic heterocycles. The van der Waals surface area contributed by atoms with Gasteiger partial charge in [0.1, 0.15) is 5.82 Å². The highest BCUT2D eigenvalue weighted by atomic mass is 19.1. The summed E-state index contributed by atoms with van der Waals surface area (Å²) in [7, 11) is 0. The molecular weight excluding hydrogens is 369 g/mol. The number of ether oxygens (including phenoxy) is 1. The second kappa shape index (κ2) is 8.21. The van der Waals surface area contributed by atoms with E-state index < -0.39 is 17.0 Å². The number of rotatable bonds is 6. The normalized spacial score (nSPS) is 12.1. The molecule has 0 bridgehead atoms. The van der Waals surface area contributed by atoms with E-state index in [0.29, 0.717) is 11.1 Å². The van der Waals surface area contributed by atoms with Gasteiger partial charge in [-0.3, -0.25) is 10.1 Å². The zero-order valence-electron chi connectivity index (χ0n) is 14.6. The van der Waals surface area contributed by atoms with E-state index in [1.807, 2.05) is 0 Å². The Morgan fingerprint density at radius 2 is 1.86 bits per heavy atom. The van der Waals surface area contributed by atoms with Crippen molar-refractivity contribution in [1.29, 1.82) is 0 Å². The number of halogens is 1. The quantitative estimate of drug-likeness (QED) is 0.273. The molecule has 0 saturated heterocycles. The van der Waals surface area contributed by atoms with Gasteiger partial charge in [-0.05, 0) is 55.0 Å². The van der Waals surface area contributed by atoms with Gasteiger partial charge in [-0.15, -0.1) is 10.2 Å². The molecule has 0 amide bonds.